The number of hydrogen-bond donors (Lipinski definition) is 1. The molecule has 1 aromatic carbocycles. The molecule has 2 atom stereocenters. The second-order valence-corrected chi connectivity index (χ2v) is 6.41. The predicted molar refractivity (Wildman–Crippen MR) is 86.1 cm³/mol. The number of aromatic nitrogens is 1. The molecule has 0 aliphatic carbocycles. The Morgan fingerprint density at radius 2 is 1.80 bits per heavy atom. The molecule has 0 spiro atoms. The van der Waals surface area contributed by atoms with Crippen molar-refractivity contribution < 1.29 is 0 Å². The highest BCUT2D eigenvalue weighted by atomic mass is 79.9. The summed E-state index contributed by atoms with van der Waals surface area (Å²) in [7, 11) is 0. The highest BCUT2D eigenvalue weighted by Gasteiger charge is 2.27. The molecule has 2 nitrogen and oxygen atoms in total. The number of nitrogens with one attached hydrogen (secondary N) is 1. The molecular formula is C17H19BrN2. The molecule has 1 aliphatic heterocycles. The van der Waals surface area contributed by atoms with Crippen LogP contribution in [0, 0.1) is 6.92 Å². The van der Waals surface area contributed by atoms with Crippen LogP contribution in [0.25, 0.3) is 0 Å². The van der Waals surface area contributed by atoms with Crippen molar-refractivity contribution in [1.29, 1.82) is 0 Å². The lowest BCUT2D eigenvalue weighted by atomic mass is 9.78. The molecule has 0 radical (unpaired) electrons. The third kappa shape index (κ3) is 2.94. The van der Waals surface area contributed by atoms with Crippen LogP contribution in [0.5, 0.6) is 0 Å². The van der Waals surface area contributed by atoms with E-state index in [0.29, 0.717) is 11.8 Å². The molecule has 1 aromatic heterocycles. The van der Waals surface area contributed by atoms with Gasteiger partial charge in [0.1, 0.15) is 0 Å². The van der Waals surface area contributed by atoms with Crippen LogP contribution in [0.4, 0.5) is 0 Å². The summed E-state index contributed by atoms with van der Waals surface area (Å²) in [5.74, 6) is 1.09. The lowest BCUT2D eigenvalue weighted by molar-refractivity contribution is 0.403. The first-order valence-electron chi connectivity index (χ1n) is 7.13. The molecule has 20 heavy (non-hydrogen) atoms. The van der Waals surface area contributed by atoms with E-state index < -0.39 is 0 Å². The van der Waals surface area contributed by atoms with Gasteiger partial charge in [-0.05, 0) is 55.1 Å². The Morgan fingerprint density at radius 1 is 1.05 bits per heavy atom. The van der Waals surface area contributed by atoms with Gasteiger partial charge in [-0.2, -0.15) is 0 Å². The number of nitrogens with zero attached hydrogens (tertiary/aromatic N) is 1. The predicted octanol–water partition coefficient (Wildman–Crippen LogP) is 4.01. The number of aryl methyl sites for hydroxylation is 1. The fourth-order valence-corrected chi connectivity index (χ4v) is 3.28. The maximum Gasteiger partial charge on any atom is 0.0372 e. The van der Waals surface area contributed by atoms with E-state index in [1.165, 1.54) is 17.5 Å². The smallest absolute Gasteiger partial charge is 0.0372 e. The number of pyridine rings is 1. The van der Waals surface area contributed by atoms with Crippen LogP contribution in [0.3, 0.4) is 0 Å². The summed E-state index contributed by atoms with van der Waals surface area (Å²) in [4.78, 5) is 4.47. The highest BCUT2D eigenvalue weighted by Crippen LogP contribution is 2.37. The van der Waals surface area contributed by atoms with Gasteiger partial charge in [0, 0.05) is 28.8 Å². The van der Waals surface area contributed by atoms with Crippen LogP contribution >= 0.6 is 15.9 Å². The first-order chi connectivity index (χ1) is 9.74. The zero-order chi connectivity index (χ0) is 13.9. The van der Waals surface area contributed by atoms with Gasteiger partial charge in [-0.25, -0.2) is 0 Å². The fourth-order valence-electron chi connectivity index (χ4n) is 3.02. The molecule has 104 valence electrons. The Hall–Kier alpha value is -1.19. The summed E-state index contributed by atoms with van der Waals surface area (Å²) in [6, 6.07) is 13.1. The minimum Gasteiger partial charge on any atom is -0.316 e. The average molecular weight is 331 g/mol. The van der Waals surface area contributed by atoms with Gasteiger partial charge >= 0.3 is 0 Å². The molecule has 1 fully saturated rings. The average Bonchev–Trinajstić information content (AvgIpc) is 2.49. The first kappa shape index (κ1) is 13.8. The fraction of sp³-hybridized carbons (Fsp3) is 0.353. The Bertz CT molecular complexity index is 509. The Kier molecular flexibility index (Phi) is 4.18. The molecule has 0 bridgehead atoms. The van der Waals surface area contributed by atoms with Crippen molar-refractivity contribution in [2.24, 2.45) is 0 Å². The van der Waals surface area contributed by atoms with Crippen molar-refractivity contribution in [3.63, 3.8) is 0 Å². The van der Waals surface area contributed by atoms with E-state index in [0.717, 1.165) is 23.3 Å². The summed E-state index contributed by atoms with van der Waals surface area (Å²) in [5.41, 5.74) is 3.86. The number of piperidine rings is 1. The summed E-state index contributed by atoms with van der Waals surface area (Å²) in [5, 5.41) is 3.53. The van der Waals surface area contributed by atoms with Gasteiger partial charge in [-0.15, -0.1) is 0 Å². The third-order valence-electron chi connectivity index (χ3n) is 4.14. The number of benzene rings is 1. The van der Waals surface area contributed by atoms with Crippen LogP contribution in [0.1, 0.15) is 35.1 Å². The monoisotopic (exact) mass is 330 g/mol. The topological polar surface area (TPSA) is 24.9 Å². The van der Waals surface area contributed by atoms with Crippen LogP contribution in [0.2, 0.25) is 0 Å². The second-order valence-electron chi connectivity index (χ2n) is 5.49. The van der Waals surface area contributed by atoms with Gasteiger partial charge in [0.25, 0.3) is 0 Å². The van der Waals surface area contributed by atoms with Crippen molar-refractivity contribution in [2.75, 3.05) is 13.1 Å². The van der Waals surface area contributed by atoms with E-state index in [2.05, 4.69) is 68.8 Å². The molecule has 3 rings (SSSR count). The molecule has 2 unspecified atom stereocenters. The van der Waals surface area contributed by atoms with Crippen molar-refractivity contribution in [3.8, 4) is 0 Å². The van der Waals surface area contributed by atoms with E-state index in [-0.39, 0.29) is 0 Å². The van der Waals surface area contributed by atoms with Crippen molar-refractivity contribution in [1.82, 2.24) is 10.3 Å². The van der Waals surface area contributed by atoms with E-state index in [4.69, 9.17) is 0 Å². The van der Waals surface area contributed by atoms with Gasteiger partial charge in [-0.3, -0.25) is 4.98 Å². The normalized spacial score (nSPS) is 22.7. The van der Waals surface area contributed by atoms with Crippen LogP contribution in [-0.4, -0.2) is 18.1 Å². The Balaban J connectivity index is 1.90. The minimum absolute atomic E-state index is 0.529. The minimum atomic E-state index is 0.529. The van der Waals surface area contributed by atoms with E-state index >= 15 is 0 Å². The first-order valence-corrected chi connectivity index (χ1v) is 7.92. The molecule has 1 N–H and O–H groups in total. The molecule has 0 amide bonds. The zero-order valence-electron chi connectivity index (χ0n) is 11.6. The maximum atomic E-state index is 4.47. The van der Waals surface area contributed by atoms with Crippen molar-refractivity contribution in [2.45, 2.75) is 25.2 Å². The summed E-state index contributed by atoms with van der Waals surface area (Å²) < 4.78 is 1.14. The zero-order valence-corrected chi connectivity index (χ0v) is 13.2. The van der Waals surface area contributed by atoms with Crippen LogP contribution < -0.4 is 5.32 Å². The molecule has 3 heteroatoms. The lowest BCUT2D eigenvalue weighted by Crippen LogP contribution is -2.34. The van der Waals surface area contributed by atoms with E-state index in [1.807, 2.05) is 6.92 Å². The standard InChI is InChI=1S/C17H19BrN2/c1-12-2-3-14(10-20-12)16-8-9-19-11-17(16)13-4-6-15(18)7-5-13/h2-7,10,16-17,19H,8-9,11H2,1H3. The van der Waals surface area contributed by atoms with E-state index in [9.17, 15) is 0 Å². The Morgan fingerprint density at radius 3 is 2.50 bits per heavy atom. The van der Waals surface area contributed by atoms with Gasteiger partial charge in [0.15, 0.2) is 0 Å². The number of rotatable bonds is 2. The molecule has 1 aliphatic rings. The second kappa shape index (κ2) is 6.06. The molecule has 2 heterocycles. The van der Waals surface area contributed by atoms with Crippen molar-refractivity contribution in [3.05, 3.63) is 63.9 Å². The van der Waals surface area contributed by atoms with E-state index in [1.54, 1.807) is 0 Å². The third-order valence-corrected chi connectivity index (χ3v) is 4.67. The summed E-state index contributed by atoms with van der Waals surface area (Å²) in [6.07, 6.45) is 3.22. The SMILES string of the molecule is Cc1ccc(C2CCNCC2c2ccc(Br)cc2)cn1. The Labute approximate surface area is 128 Å². The van der Waals surface area contributed by atoms with Gasteiger partial charge in [0.2, 0.25) is 0 Å². The summed E-state index contributed by atoms with van der Waals surface area (Å²) in [6.45, 7) is 4.17. The number of halogens is 1. The van der Waals surface area contributed by atoms with Gasteiger partial charge in [0.05, 0.1) is 0 Å². The molecule has 1 saturated heterocycles. The molecule has 0 saturated carbocycles. The van der Waals surface area contributed by atoms with Gasteiger partial charge in [-0.1, -0.05) is 34.1 Å². The highest BCUT2D eigenvalue weighted by molar-refractivity contribution is 9.10. The quantitative estimate of drug-likeness (QED) is 0.899. The van der Waals surface area contributed by atoms with Crippen LogP contribution in [0.15, 0.2) is 47.1 Å². The molecular weight excluding hydrogens is 312 g/mol. The number of hydrogen-bond acceptors (Lipinski definition) is 2. The summed E-state index contributed by atoms with van der Waals surface area (Å²) >= 11 is 3.51. The van der Waals surface area contributed by atoms with Crippen LogP contribution in [-0.2, 0) is 0 Å². The molecule has 2 aromatic rings. The lowest BCUT2D eigenvalue weighted by Gasteiger charge is -2.33. The van der Waals surface area contributed by atoms with Crippen molar-refractivity contribution >= 4 is 15.9 Å². The maximum absolute atomic E-state index is 4.47. The van der Waals surface area contributed by atoms with Gasteiger partial charge < -0.3 is 5.32 Å². The largest absolute Gasteiger partial charge is 0.316 e.